The molecule has 2 N–H and O–H groups in total. The second-order valence-electron chi connectivity index (χ2n) is 3.63. The van der Waals surface area contributed by atoms with Crippen molar-refractivity contribution in [3.05, 3.63) is 54.6 Å². The average Bonchev–Trinajstić information content (AvgIpc) is 2.42. The van der Waals surface area contributed by atoms with Gasteiger partial charge in [-0.3, -0.25) is 5.32 Å². The van der Waals surface area contributed by atoms with Gasteiger partial charge in [0.05, 0.1) is 0 Å². The van der Waals surface area contributed by atoms with E-state index in [0.29, 0.717) is 0 Å². The second kappa shape index (κ2) is 6.38. The van der Waals surface area contributed by atoms with E-state index in [2.05, 4.69) is 10.6 Å². The predicted molar refractivity (Wildman–Crippen MR) is 77.9 cm³/mol. The largest absolute Gasteiger partial charge is 0.457 e. The summed E-state index contributed by atoms with van der Waals surface area (Å²) in [7, 11) is 0. The highest BCUT2D eigenvalue weighted by molar-refractivity contribution is 7.80. The Kier molecular flexibility index (Phi) is 4.32. The first-order valence-corrected chi connectivity index (χ1v) is 5.98. The zero-order valence-electron chi connectivity index (χ0n) is 9.96. The van der Waals surface area contributed by atoms with Crippen molar-refractivity contribution in [1.29, 1.82) is 5.26 Å². The monoisotopic (exact) mass is 269 g/mol. The number of ether oxygens (including phenoxy) is 1. The number of hydrogen-bond acceptors (Lipinski definition) is 3. The Morgan fingerprint density at radius 3 is 2.26 bits per heavy atom. The molecule has 0 spiro atoms. The summed E-state index contributed by atoms with van der Waals surface area (Å²) in [6, 6.07) is 16.8. The van der Waals surface area contributed by atoms with Gasteiger partial charge in [-0.15, -0.1) is 0 Å². The van der Waals surface area contributed by atoms with Crippen molar-refractivity contribution >= 4 is 23.0 Å². The van der Waals surface area contributed by atoms with E-state index >= 15 is 0 Å². The van der Waals surface area contributed by atoms with Crippen LogP contribution in [-0.4, -0.2) is 5.11 Å². The third kappa shape index (κ3) is 3.98. The number of anilines is 1. The van der Waals surface area contributed by atoms with Gasteiger partial charge in [-0.2, -0.15) is 5.26 Å². The fourth-order valence-electron chi connectivity index (χ4n) is 1.44. The molecule has 0 aliphatic carbocycles. The molecule has 19 heavy (non-hydrogen) atoms. The SMILES string of the molecule is N#CNC(=S)Nc1ccc(Oc2ccccc2)cc1. The molecule has 0 unspecified atom stereocenters. The first-order valence-electron chi connectivity index (χ1n) is 5.57. The van der Waals surface area contributed by atoms with Crippen LogP contribution in [0.3, 0.4) is 0 Å². The molecule has 0 fully saturated rings. The molecule has 2 rings (SSSR count). The minimum absolute atomic E-state index is 0.263. The van der Waals surface area contributed by atoms with Crippen molar-refractivity contribution in [3.63, 3.8) is 0 Å². The van der Waals surface area contributed by atoms with Crippen LogP contribution in [0.4, 0.5) is 5.69 Å². The van der Waals surface area contributed by atoms with Gasteiger partial charge in [-0.05, 0) is 48.6 Å². The molecular formula is C14H11N3OS. The molecule has 2 aromatic rings. The fourth-order valence-corrected chi connectivity index (χ4v) is 1.61. The lowest BCUT2D eigenvalue weighted by Gasteiger charge is -2.08. The lowest BCUT2D eigenvalue weighted by atomic mass is 10.3. The second-order valence-corrected chi connectivity index (χ2v) is 4.04. The Balaban J connectivity index is 1.99. The van der Waals surface area contributed by atoms with E-state index in [9.17, 15) is 0 Å². The van der Waals surface area contributed by atoms with E-state index in [1.165, 1.54) is 0 Å². The van der Waals surface area contributed by atoms with Crippen LogP contribution < -0.4 is 15.4 Å². The molecule has 0 aliphatic rings. The molecule has 0 saturated carbocycles. The van der Waals surface area contributed by atoms with Gasteiger partial charge >= 0.3 is 0 Å². The molecule has 2 aromatic carbocycles. The summed E-state index contributed by atoms with van der Waals surface area (Å²) >= 11 is 4.90. The Bertz CT molecular complexity index is 590. The highest BCUT2D eigenvalue weighted by Crippen LogP contribution is 2.22. The van der Waals surface area contributed by atoms with E-state index in [-0.39, 0.29) is 5.11 Å². The van der Waals surface area contributed by atoms with Gasteiger partial charge in [0.15, 0.2) is 11.3 Å². The topological polar surface area (TPSA) is 57.1 Å². The summed E-state index contributed by atoms with van der Waals surface area (Å²) in [6.07, 6.45) is 1.75. The van der Waals surface area contributed by atoms with Crippen molar-refractivity contribution in [2.75, 3.05) is 5.32 Å². The van der Waals surface area contributed by atoms with Crippen LogP contribution >= 0.6 is 12.2 Å². The molecular weight excluding hydrogens is 258 g/mol. The minimum Gasteiger partial charge on any atom is -0.457 e. The number of benzene rings is 2. The van der Waals surface area contributed by atoms with Gasteiger partial charge in [-0.1, -0.05) is 18.2 Å². The molecule has 94 valence electrons. The Hall–Kier alpha value is -2.58. The number of thiocarbonyl (C=S) groups is 1. The number of hydrogen-bond donors (Lipinski definition) is 2. The smallest absolute Gasteiger partial charge is 0.184 e. The van der Waals surface area contributed by atoms with Crippen LogP contribution in [-0.2, 0) is 0 Å². The minimum atomic E-state index is 0.263. The molecule has 0 bridgehead atoms. The Morgan fingerprint density at radius 1 is 1.00 bits per heavy atom. The zero-order valence-corrected chi connectivity index (χ0v) is 10.8. The van der Waals surface area contributed by atoms with E-state index in [1.54, 1.807) is 6.19 Å². The van der Waals surface area contributed by atoms with Crippen LogP contribution in [0, 0.1) is 11.5 Å². The first kappa shape index (κ1) is 12.9. The van der Waals surface area contributed by atoms with Gasteiger partial charge in [0, 0.05) is 5.69 Å². The van der Waals surface area contributed by atoms with Crippen LogP contribution in [0.15, 0.2) is 54.6 Å². The standard InChI is InChI=1S/C14H11N3OS/c15-10-16-14(19)17-11-6-8-13(9-7-11)18-12-4-2-1-3-5-12/h1-9H,(H2,16,17,19). The van der Waals surface area contributed by atoms with Crippen LogP contribution in [0.25, 0.3) is 0 Å². The van der Waals surface area contributed by atoms with Crippen molar-refractivity contribution in [3.8, 4) is 17.7 Å². The first-order chi connectivity index (χ1) is 9.28. The summed E-state index contributed by atoms with van der Waals surface area (Å²) < 4.78 is 5.66. The summed E-state index contributed by atoms with van der Waals surface area (Å²) in [5, 5.41) is 13.9. The third-order valence-electron chi connectivity index (χ3n) is 2.26. The molecule has 0 atom stereocenters. The number of nitriles is 1. The molecule has 0 saturated heterocycles. The van der Waals surface area contributed by atoms with Gasteiger partial charge < -0.3 is 10.1 Å². The summed E-state index contributed by atoms with van der Waals surface area (Å²) in [6.45, 7) is 0. The molecule has 0 aromatic heterocycles. The van der Waals surface area contributed by atoms with E-state index in [1.807, 2.05) is 54.6 Å². The van der Waals surface area contributed by atoms with E-state index in [0.717, 1.165) is 17.2 Å². The van der Waals surface area contributed by atoms with Crippen molar-refractivity contribution in [2.24, 2.45) is 0 Å². The zero-order chi connectivity index (χ0) is 13.5. The van der Waals surface area contributed by atoms with E-state index in [4.69, 9.17) is 22.2 Å². The lowest BCUT2D eigenvalue weighted by molar-refractivity contribution is 0.483. The average molecular weight is 269 g/mol. The number of nitrogens with one attached hydrogen (secondary N) is 2. The van der Waals surface area contributed by atoms with Gasteiger partial charge in [0.2, 0.25) is 0 Å². The molecule has 0 radical (unpaired) electrons. The summed E-state index contributed by atoms with van der Waals surface area (Å²) in [5.41, 5.74) is 0.785. The van der Waals surface area contributed by atoms with Gasteiger partial charge in [-0.25, -0.2) is 0 Å². The Labute approximate surface area is 116 Å². The molecule has 0 amide bonds. The highest BCUT2D eigenvalue weighted by Gasteiger charge is 1.99. The van der Waals surface area contributed by atoms with Gasteiger partial charge in [0.25, 0.3) is 0 Å². The quantitative estimate of drug-likeness (QED) is 0.509. The molecule has 4 nitrogen and oxygen atoms in total. The summed E-state index contributed by atoms with van der Waals surface area (Å²) in [4.78, 5) is 0. The molecule has 5 heteroatoms. The van der Waals surface area contributed by atoms with Gasteiger partial charge in [0.1, 0.15) is 11.5 Å². The Morgan fingerprint density at radius 2 is 1.63 bits per heavy atom. The number of rotatable bonds is 3. The van der Waals surface area contributed by atoms with Crippen LogP contribution in [0.2, 0.25) is 0 Å². The van der Waals surface area contributed by atoms with Crippen LogP contribution in [0.5, 0.6) is 11.5 Å². The number of para-hydroxylation sites is 1. The maximum atomic E-state index is 8.41. The van der Waals surface area contributed by atoms with E-state index < -0.39 is 0 Å². The third-order valence-corrected chi connectivity index (χ3v) is 2.46. The lowest BCUT2D eigenvalue weighted by Crippen LogP contribution is -2.23. The highest BCUT2D eigenvalue weighted by atomic mass is 32.1. The van der Waals surface area contributed by atoms with Crippen LogP contribution in [0.1, 0.15) is 0 Å². The molecule has 0 heterocycles. The maximum Gasteiger partial charge on any atom is 0.184 e. The predicted octanol–water partition coefficient (Wildman–Crippen LogP) is 3.25. The van der Waals surface area contributed by atoms with Crippen molar-refractivity contribution in [2.45, 2.75) is 0 Å². The maximum absolute atomic E-state index is 8.41. The molecule has 0 aliphatic heterocycles. The van der Waals surface area contributed by atoms with Crippen molar-refractivity contribution in [1.82, 2.24) is 5.32 Å². The fraction of sp³-hybridized carbons (Fsp3) is 0. The number of nitrogens with zero attached hydrogens (tertiary/aromatic N) is 1. The van der Waals surface area contributed by atoms with Crippen molar-refractivity contribution < 1.29 is 4.74 Å². The normalized spacial score (nSPS) is 9.21. The summed E-state index contributed by atoms with van der Waals surface area (Å²) in [5.74, 6) is 1.51.